The fourth-order valence-electron chi connectivity index (χ4n) is 0. The molecule has 0 radical (unpaired) electrons. The molecule has 0 fully saturated rings. The molecule has 0 aliphatic heterocycles. The fourth-order valence-corrected chi connectivity index (χ4v) is 0. The van der Waals surface area contributed by atoms with Crippen molar-refractivity contribution in [3.8, 4) is 0 Å². The Balaban J connectivity index is -0.0000000141. The SMILES string of the molecule is O=N[O-].O=N[O-].O=N[O-].O=N[O-].O=N[O-].O=N[O-].[Al+3].[Ga+3]. The first-order valence-corrected chi connectivity index (χ1v) is 2.19. The van der Waals surface area contributed by atoms with Gasteiger partial charge in [0.1, 0.15) is 0 Å². The second-order valence-corrected chi connectivity index (χ2v) is 0.447. The minimum Gasteiger partial charge on any atom is -0.444 e. The van der Waals surface area contributed by atoms with Crippen LogP contribution in [0.25, 0.3) is 0 Å². The first kappa shape index (κ1) is 52.7. The molecule has 0 aliphatic carbocycles. The van der Waals surface area contributed by atoms with E-state index >= 15 is 0 Å². The summed E-state index contributed by atoms with van der Waals surface area (Å²) in [5.74, 6) is 0. The van der Waals surface area contributed by atoms with E-state index in [1.165, 1.54) is 0 Å². The van der Waals surface area contributed by atoms with E-state index in [9.17, 15) is 0 Å². The number of hydrogen-bond acceptors (Lipinski definition) is 18. The molecular weight excluding hydrogens is 373 g/mol. The second kappa shape index (κ2) is 315. The summed E-state index contributed by atoms with van der Waals surface area (Å²) >= 11 is 0. The molecule has 0 saturated carbocycles. The van der Waals surface area contributed by atoms with Crippen molar-refractivity contribution >= 4 is 37.2 Å². The van der Waals surface area contributed by atoms with Gasteiger partial charge in [0.25, 0.3) is 0 Å². The van der Waals surface area contributed by atoms with Crippen molar-refractivity contribution in [1.82, 2.24) is 0 Å². The zero-order valence-corrected chi connectivity index (χ0v) is 12.3. The first-order chi connectivity index (χ1) is 8.49. The van der Waals surface area contributed by atoms with E-state index in [2.05, 4.69) is 0 Å². The van der Waals surface area contributed by atoms with Gasteiger partial charge < -0.3 is 60.7 Å². The molecule has 0 aliphatic rings. The van der Waals surface area contributed by atoms with Gasteiger partial charge in [-0.2, -0.15) is 0 Å². The number of rotatable bonds is 0. The molecule has 0 N–H and O–H groups in total. The summed E-state index contributed by atoms with van der Waals surface area (Å²) in [5, 5.41) is 54.0. The summed E-state index contributed by atoms with van der Waals surface area (Å²) in [5.41, 5.74) is 0. The van der Waals surface area contributed by atoms with E-state index < -0.39 is 0 Å². The molecule has 108 valence electrons. The van der Waals surface area contributed by atoms with Crippen molar-refractivity contribution < 1.29 is 0 Å². The van der Waals surface area contributed by atoms with Crippen molar-refractivity contribution in [3.63, 3.8) is 0 Å². The van der Waals surface area contributed by atoms with E-state index in [-0.39, 0.29) is 37.2 Å². The molecule has 0 heterocycles. The summed E-state index contributed by atoms with van der Waals surface area (Å²) in [6, 6.07) is 0. The Morgan fingerprint density at radius 1 is 0.400 bits per heavy atom. The predicted molar refractivity (Wildman–Crippen MR) is 66.5 cm³/mol. The molecule has 0 amide bonds. The van der Waals surface area contributed by atoms with Crippen molar-refractivity contribution in [2.24, 2.45) is 32.0 Å². The molecule has 0 spiro atoms. The average Bonchev–Trinajstić information content (AvgIpc) is 2.23. The quantitative estimate of drug-likeness (QED) is 0.322. The molecule has 20 heteroatoms. The summed E-state index contributed by atoms with van der Waals surface area (Å²) in [4.78, 5) is 48.0. The molecule has 0 aromatic carbocycles. The molecule has 0 bridgehead atoms. The number of nitrogens with zero attached hydrogens (tertiary/aromatic N) is 6. The topological polar surface area (TPSA) is 315 Å². The zero-order valence-electron chi connectivity index (χ0n) is 8.74. The van der Waals surface area contributed by atoms with Gasteiger partial charge in [-0.3, -0.25) is 0 Å². The third kappa shape index (κ3) is 559. The third-order valence-electron chi connectivity index (χ3n) is 0. The van der Waals surface area contributed by atoms with Crippen LogP contribution in [0, 0.1) is 60.7 Å². The van der Waals surface area contributed by atoms with Crippen LogP contribution >= 0.6 is 0 Å². The van der Waals surface area contributed by atoms with Gasteiger partial charge in [-0.25, -0.2) is 0 Å². The average molecular weight is 373 g/mol. The van der Waals surface area contributed by atoms with Gasteiger partial charge in [0, 0.05) is 0 Å². The molecule has 0 unspecified atom stereocenters. The van der Waals surface area contributed by atoms with Crippen LogP contribution in [0.5, 0.6) is 0 Å². The van der Waals surface area contributed by atoms with Gasteiger partial charge in [-0.1, -0.05) is 0 Å². The molecule has 20 heavy (non-hydrogen) atoms. The summed E-state index contributed by atoms with van der Waals surface area (Å²) in [6.45, 7) is 0. The third-order valence-corrected chi connectivity index (χ3v) is 0. The van der Waals surface area contributed by atoms with Crippen LogP contribution in [0.15, 0.2) is 32.0 Å². The molecular formula is AlGaN6O12. The largest absolute Gasteiger partial charge is 3.00 e. The molecule has 0 aromatic rings. The van der Waals surface area contributed by atoms with Crippen LogP contribution in [-0.2, 0) is 0 Å². The van der Waals surface area contributed by atoms with Gasteiger partial charge in [0.2, 0.25) is 0 Å². The summed E-state index contributed by atoms with van der Waals surface area (Å²) in [7, 11) is 0. The maximum Gasteiger partial charge on any atom is 3.00 e. The Hall–Kier alpha value is -2.43. The Labute approximate surface area is 130 Å². The Kier molecular flexibility index (Phi) is 830. The van der Waals surface area contributed by atoms with Crippen LogP contribution in [0.1, 0.15) is 0 Å². The zero-order chi connectivity index (χ0) is 16.2. The smallest absolute Gasteiger partial charge is 0.444 e. The predicted octanol–water partition coefficient (Wildman–Crippen LogP) is 0.742. The second-order valence-electron chi connectivity index (χ2n) is 0.447. The Morgan fingerprint density at radius 2 is 0.400 bits per heavy atom. The maximum absolute atomic E-state index is 8.00. The van der Waals surface area contributed by atoms with Crippen LogP contribution in [0.3, 0.4) is 0 Å². The van der Waals surface area contributed by atoms with Gasteiger partial charge in [-0.05, 0) is 0 Å². The number of hydrogen-bond donors (Lipinski definition) is 0. The van der Waals surface area contributed by atoms with Crippen molar-refractivity contribution in [1.29, 1.82) is 0 Å². The molecule has 0 atom stereocenters. The van der Waals surface area contributed by atoms with E-state index in [0.29, 0.717) is 0 Å². The van der Waals surface area contributed by atoms with E-state index in [1.807, 2.05) is 0 Å². The summed E-state index contributed by atoms with van der Waals surface area (Å²) < 4.78 is 0. The monoisotopic (exact) mass is 372 g/mol. The Morgan fingerprint density at radius 3 is 0.400 bits per heavy atom. The van der Waals surface area contributed by atoms with Crippen LogP contribution in [-0.4, -0.2) is 37.2 Å². The normalized spacial score (nSPS) is 3.60. The van der Waals surface area contributed by atoms with E-state index in [0.717, 1.165) is 32.0 Å². The molecule has 0 saturated heterocycles. The van der Waals surface area contributed by atoms with Gasteiger partial charge >= 0.3 is 37.2 Å². The van der Waals surface area contributed by atoms with Crippen molar-refractivity contribution in [3.05, 3.63) is 60.7 Å². The minimum absolute atomic E-state index is 0. The van der Waals surface area contributed by atoms with Gasteiger partial charge in [0.05, 0.1) is 0 Å². The van der Waals surface area contributed by atoms with E-state index in [1.54, 1.807) is 0 Å². The molecule has 0 rings (SSSR count). The van der Waals surface area contributed by atoms with Crippen LogP contribution in [0.2, 0.25) is 0 Å². The standard InChI is InChI=1S/Al.Ga.6HNO2/c;;6*2-1-3/h;;6*(H,2,3)/q2*+3;;;;;;/p-6. The molecule has 0 aromatic heterocycles. The van der Waals surface area contributed by atoms with E-state index in [4.69, 9.17) is 60.7 Å². The fraction of sp³-hybridized carbons (Fsp3) is 0. The van der Waals surface area contributed by atoms with Crippen LogP contribution < -0.4 is 0 Å². The van der Waals surface area contributed by atoms with Crippen molar-refractivity contribution in [2.45, 2.75) is 0 Å². The maximum atomic E-state index is 8.00. The van der Waals surface area contributed by atoms with Gasteiger partial charge in [0.15, 0.2) is 0 Å². The molecule has 18 nitrogen and oxygen atoms in total. The first-order valence-electron chi connectivity index (χ1n) is 2.19. The Bertz CT molecular complexity index is 119. The summed E-state index contributed by atoms with van der Waals surface area (Å²) in [6.07, 6.45) is 0. The van der Waals surface area contributed by atoms with Crippen molar-refractivity contribution in [2.75, 3.05) is 0 Å². The van der Waals surface area contributed by atoms with Crippen LogP contribution in [0.4, 0.5) is 0 Å². The van der Waals surface area contributed by atoms with Gasteiger partial charge in [-0.15, -0.1) is 32.0 Å². The minimum atomic E-state index is 0.